The Morgan fingerprint density at radius 3 is 2.41 bits per heavy atom. The van der Waals surface area contributed by atoms with Gasteiger partial charge in [0.1, 0.15) is 5.75 Å². The standard InChI is InChI=1S/C19H13F3O4S/c1-25-16-8-11(9-17-13(23)10-18(24)27-17)6-7-15(16)26-14-5-3-2-4-12(14)19(20,21)22/h2-9H,10H2,1H3/b17-9-. The van der Waals surface area contributed by atoms with E-state index in [0.29, 0.717) is 10.5 Å². The molecule has 8 heteroatoms. The van der Waals surface area contributed by atoms with Crippen LogP contribution < -0.4 is 9.47 Å². The van der Waals surface area contributed by atoms with E-state index < -0.39 is 11.7 Å². The minimum Gasteiger partial charge on any atom is -0.493 e. The Morgan fingerprint density at radius 1 is 1.04 bits per heavy atom. The number of rotatable bonds is 4. The van der Waals surface area contributed by atoms with Crippen molar-refractivity contribution in [3.63, 3.8) is 0 Å². The highest BCUT2D eigenvalue weighted by molar-refractivity contribution is 8.18. The highest BCUT2D eigenvalue weighted by Crippen LogP contribution is 2.40. The molecule has 0 spiro atoms. The number of hydrogen-bond acceptors (Lipinski definition) is 5. The quantitative estimate of drug-likeness (QED) is 0.535. The van der Waals surface area contributed by atoms with Gasteiger partial charge >= 0.3 is 6.18 Å². The molecule has 1 saturated heterocycles. The molecule has 0 amide bonds. The number of halogens is 3. The molecule has 0 atom stereocenters. The number of allylic oxidation sites excluding steroid dienone is 1. The number of carbonyl (C=O) groups is 2. The second kappa shape index (κ2) is 7.48. The molecule has 0 N–H and O–H groups in total. The van der Waals surface area contributed by atoms with Gasteiger partial charge in [-0.25, -0.2) is 0 Å². The van der Waals surface area contributed by atoms with Crippen molar-refractivity contribution in [3.8, 4) is 17.2 Å². The summed E-state index contributed by atoms with van der Waals surface area (Å²) < 4.78 is 50.0. The third kappa shape index (κ3) is 4.33. The summed E-state index contributed by atoms with van der Waals surface area (Å²) in [6, 6.07) is 9.41. The molecule has 4 nitrogen and oxygen atoms in total. The number of alkyl halides is 3. The van der Waals surface area contributed by atoms with Crippen LogP contribution in [-0.4, -0.2) is 18.0 Å². The van der Waals surface area contributed by atoms with E-state index in [1.165, 1.54) is 43.5 Å². The Kier molecular flexibility index (Phi) is 5.27. The van der Waals surface area contributed by atoms with Gasteiger partial charge in [0, 0.05) is 0 Å². The monoisotopic (exact) mass is 394 g/mol. The largest absolute Gasteiger partial charge is 0.493 e. The van der Waals surface area contributed by atoms with Gasteiger partial charge in [0.05, 0.1) is 24.0 Å². The average molecular weight is 394 g/mol. The maximum Gasteiger partial charge on any atom is 0.419 e. The summed E-state index contributed by atoms with van der Waals surface area (Å²) in [6.07, 6.45) is -3.16. The van der Waals surface area contributed by atoms with Crippen molar-refractivity contribution in [2.24, 2.45) is 0 Å². The molecule has 3 rings (SSSR count). The fourth-order valence-electron chi connectivity index (χ4n) is 2.46. The van der Waals surface area contributed by atoms with Crippen LogP contribution in [0.5, 0.6) is 17.2 Å². The Labute approximate surface area is 157 Å². The SMILES string of the molecule is COc1cc(/C=C2\SC(=O)CC2=O)ccc1Oc1ccccc1C(F)(F)F. The molecule has 1 aliphatic heterocycles. The molecule has 0 bridgehead atoms. The molecule has 0 aromatic heterocycles. The topological polar surface area (TPSA) is 52.6 Å². The minimum absolute atomic E-state index is 0.0952. The average Bonchev–Trinajstić information content (AvgIpc) is 2.93. The Morgan fingerprint density at radius 2 is 1.78 bits per heavy atom. The summed E-state index contributed by atoms with van der Waals surface area (Å²) in [4.78, 5) is 23.3. The molecular formula is C19H13F3O4S. The summed E-state index contributed by atoms with van der Waals surface area (Å²) in [6.45, 7) is 0. The summed E-state index contributed by atoms with van der Waals surface area (Å²) in [5.41, 5.74) is -0.335. The van der Waals surface area contributed by atoms with Crippen molar-refractivity contribution in [1.29, 1.82) is 0 Å². The van der Waals surface area contributed by atoms with Crippen LogP contribution in [0.1, 0.15) is 17.5 Å². The number of methoxy groups -OCH3 is 1. The first kappa shape index (κ1) is 19.0. The number of para-hydroxylation sites is 1. The molecule has 27 heavy (non-hydrogen) atoms. The van der Waals surface area contributed by atoms with Crippen molar-refractivity contribution in [1.82, 2.24) is 0 Å². The van der Waals surface area contributed by atoms with Gasteiger partial charge in [-0.1, -0.05) is 18.2 Å². The zero-order chi connectivity index (χ0) is 19.6. The van der Waals surface area contributed by atoms with Gasteiger partial charge in [0.15, 0.2) is 17.3 Å². The fraction of sp³-hybridized carbons (Fsp3) is 0.158. The fourth-order valence-corrected chi connectivity index (χ4v) is 3.29. The van der Waals surface area contributed by atoms with Gasteiger partial charge in [0.25, 0.3) is 0 Å². The van der Waals surface area contributed by atoms with Crippen molar-refractivity contribution < 1.29 is 32.2 Å². The predicted octanol–water partition coefficient (Wildman–Crippen LogP) is 5.08. The Bertz CT molecular complexity index is 935. The van der Waals surface area contributed by atoms with Crippen LogP contribution in [0.4, 0.5) is 13.2 Å². The van der Waals surface area contributed by atoms with Crippen LogP contribution in [0, 0.1) is 0 Å². The van der Waals surface area contributed by atoms with E-state index in [0.717, 1.165) is 17.8 Å². The highest BCUT2D eigenvalue weighted by Gasteiger charge is 2.34. The molecular weight excluding hydrogens is 381 g/mol. The summed E-state index contributed by atoms with van der Waals surface area (Å²) in [5.74, 6) is -0.314. The van der Waals surface area contributed by atoms with Gasteiger partial charge < -0.3 is 9.47 Å². The van der Waals surface area contributed by atoms with Crippen molar-refractivity contribution in [2.45, 2.75) is 12.6 Å². The maximum absolute atomic E-state index is 13.1. The lowest BCUT2D eigenvalue weighted by atomic mass is 10.1. The lowest BCUT2D eigenvalue weighted by Gasteiger charge is -2.15. The normalized spacial score (nSPS) is 16.1. The Hall–Kier alpha value is -2.74. The number of ketones is 1. The lowest BCUT2D eigenvalue weighted by Crippen LogP contribution is -2.07. The van der Waals surface area contributed by atoms with Crippen LogP contribution in [0.2, 0.25) is 0 Å². The summed E-state index contributed by atoms with van der Waals surface area (Å²) in [7, 11) is 1.35. The lowest BCUT2D eigenvalue weighted by molar-refractivity contribution is -0.138. The number of hydrogen-bond donors (Lipinski definition) is 0. The smallest absolute Gasteiger partial charge is 0.419 e. The van der Waals surface area contributed by atoms with Crippen LogP contribution in [0.3, 0.4) is 0 Å². The van der Waals surface area contributed by atoms with Crippen LogP contribution in [-0.2, 0) is 15.8 Å². The molecule has 0 unspecified atom stereocenters. The molecule has 2 aromatic rings. The van der Waals surface area contributed by atoms with Crippen molar-refractivity contribution in [3.05, 3.63) is 58.5 Å². The molecule has 0 aliphatic carbocycles. The van der Waals surface area contributed by atoms with E-state index in [1.807, 2.05) is 0 Å². The van der Waals surface area contributed by atoms with Gasteiger partial charge in [-0.3, -0.25) is 9.59 Å². The molecule has 2 aromatic carbocycles. The first-order valence-corrected chi connectivity index (χ1v) is 8.57. The summed E-state index contributed by atoms with van der Waals surface area (Å²) in [5, 5.41) is -0.220. The van der Waals surface area contributed by atoms with Gasteiger partial charge in [-0.05, 0) is 47.7 Å². The van der Waals surface area contributed by atoms with Gasteiger partial charge in [-0.15, -0.1) is 0 Å². The number of ether oxygens (including phenoxy) is 2. The number of benzene rings is 2. The number of thioether (sulfide) groups is 1. The first-order chi connectivity index (χ1) is 12.8. The zero-order valence-corrected chi connectivity index (χ0v) is 14.8. The number of Topliss-reactive ketones (excluding diaryl/α,β-unsaturated/α-hetero) is 1. The molecule has 1 aliphatic rings. The van der Waals surface area contributed by atoms with E-state index in [-0.39, 0.29) is 34.6 Å². The van der Waals surface area contributed by atoms with E-state index in [9.17, 15) is 22.8 Å². The first-order valence-electron chi connectivity index (χ1n) is 7.75. The van der Waals surface area contributed by atoms with E-state index >= 15 is 0 Å². The molecule has 140 valence electrons. The third-order valence-electron chi connectivity index (χ3n) is 3.70. The molecule has 0 saturated carbocycles. The van der Waals surface area contributed by atoms with E-state index in [1.54, 1.807) is 6.07 Å². The van der Waals surface area contributed by atoms with Gasteiger partial charge in [0.2, 0.25) is 5.12 Å². The van der Waals surface area contributed by atoms with E-state index in [2.05, 4.69) is 0 Å². The van der Waals surface area contributed by atoms with Crippen LogP contribution in [0.25, 0.3) is 6.08 Å². The predicted molar refractivity (Wildman–Crippen MR) is 94.7 cm³/mol. The van der Waals surface area contributed by atoms with Crippen molar-refractivity contribution in [2.75, 3.05) is 7.11 Å². The van der Waals surface area contributed by atoms with Gasteiger partial charge in [-0.2, -0.15) is 13.2 Å². The second-order valence-electron chi connectivity index (χ2n) is 5.59. The Balaban J connectivity index is 1.92. The van der Waals surface area contributed by atoms with Crippen LogP contribution >= 0.6 is 11.8 Å². The molecule has 1 fully saturated rings. The highest BCUT2D eigenvalue weighted by atomic mass is 32.2. The third-order valence-corrected chi connectivity index (χ3v) is 4.64. The van der Waals surface area contributed by atoms with E-state index in [4.69, 9.17) is 9.47 Å². The molecule has 0 radical (unpaired) electrons. The minimum atomic E-state index is -4.55. The maximum atomic E-state index is 13.1. The number of carbonyl (C=O) groups excluding carboxylic acids is 2. The summed E-state index contributed by atoms with van der Waals surface area (Å²) >= 11 is 0.869. The zero-order valence-electron chi connectivity index (χ0n) is 14.0. The van der Waals surface area contributed by atoms with Crippen LogP contribution in [0.15, 0.2) is 47.4 Å². The van der Waals surface area contributed by atoms with Crippen molar-refractivity contribution >= 4 is 28.7 Å². The molecule has 1 heterocycles. The second-order valence-corrected chi connectivity index (χ2v) is 6.69.